The van der Waals surface area contributed by atoms with Crippen molar-refractivity contribution >= 4 is 0 Å². The molecule has 0 aromatic carbocycles. The molecule has 0 bridgehead atoms. The van der Waals surface area contributed by atoms with Gasteiger partial charge in [-0.25, -0.2) is 4.39 Å². The molecule has 0 amide bonds. The van der Waals surface area contributed by atoms with Gasteiger partial charge in [0.25, 0.3) is 0 Å². The molecule has 11 heavy (non-hydrogen) atoms. The highest BCUT2D eigenvalue weighted by atomic mass is 19.1. The maximum atomic E-state index is 12.7. The minimum atomic E-state index is -1.00. The first kappa shape index (κ1) is 8.10. The summed E-state index contributed by atoms with van der Waals surface area (Å²) in [7, 11) is 0. The summed E-state index contributed by atoms with van der Waals surface area (Å²) in [5, 5.41) is 9.08. The molecule has 0 aliphatic rings. The monoisotopic (exact) mass is 156 g/mol. The first-order valence-corrected chi connectivity index (χ1v) is 3.24. The lowest BCUT2D eigenvalue weighted by atomic mass is 10.2. The third kappa shape index (κ3) is 1.72. The molecule has 1 rings (SSSR count). The minimum Gasteiger partial charge on any atom is -0.385 e. The molecule has 0 fully saturated rings. The van der Waals surface area contributed by atoms with Crippen LogP contribution in [0.3, 0.4) is 0 Å². The SMILES string of the molecule is NC[C@H](O)c1ncccc1F. The molecule has 0 spiro atoms. The molecule has 60 valence electrons. The van der Waals surface area contributed by atoms with Gasteiger partial charge < -0.3 is 10.8 Å². The molecule has 1 atom stereocenters. The Morgan fingerprint density at radius 2 is 2.45 bits per heavy atom. The number of nitrogens with two attached hydrogens (primary N) is 1. The van der Waals surface area contributed by atoms with Crippen LogP contribution in [-0.4, -0.2) is 16.6 Å². The molecule has 3 N–H and O–H groups in total. The Morgan fingerprint density at radius 1 is 1.73 bits per heavy atom. The molecule has 0 saturated carbocycles. The number of rotatable bonds is 2. The van der Waals surface area contributed by atoms with Gasteiger partial charge in [0.1, 0.15) is 17.6 Å². The summed E-state index contributed by atoms with van der Waals surface area (Å²) < 4.78 is 12.7. The van der Waals surface area contributed by atoms with Crippen molar-refractivity contribution in [2.24, 2.45) is 5.73 Å². The van der Waals surface area contributed by atoms with Gasteiger partial charge in [0.15, 0.2) is 0 Å². The molecule has 0 aliphatic heterocycles. The van der Waals surface area contributed by atoms with Crippen molar-refractivity contribution in [2.45, 2.75) is 6.10 Å². The van der Waals surface area contributed by atoms with Gasteiger partial charge >= 0.3 is 0 Å². The van der Waals surface area contributed by atoms with Crippen LogP contribution in [0, 0.1) is 5.82 Å². The summed E-state index contributed by atoms with van der Waals surface area (Å²) in [5.41, 5.74) is 5.13. The lowest BCUT2D eigenvalue weighted by molar-refractivity contribution is 0.176. The van der Waals surface area contributed by atoms with E-state index in [-0.39, 0.29) is 12.2 Å². The van der Waals surface area contributed by atoms with Crippen molar-refractivity contribution < 1.29 is 9.50 Å². The van der Waals surface area contributed by atoms with Crippen molar-refractivity contribution in [3.8, 4) is 0 Å². The van der Waals surface area contributed by atoms with Gasteiger partial charge in [-0.2, -0.15) is 0 Å². The van der Waals surface area contributed by atoms with Crippen LogP contribution < -0.4 is 5.73 Å². The van der Waals surface area contributed by atoms with Crippen molar-refractivity contribution in [1.29, 1.82) is 0 Å². The van der Waals surface area contributed by atoms with Gasteiger partial charge in [0.2, 0.25) is 0 Å². The number of aromatic nitrogens is 1. The molecule has 0 radical (unpaired) electrons. The van der Waals surface area contributed by atoms with Gasteiger partial charge in [-0.1, -0.05) is 0 Å². The van der Waals surface area contributed by atoms with Gasteiger partial charge in [-0.3, -0.25) is 4.98 Å². The predicted octanol–water partition coefficient (Wildman–Crippen LogP) is 0.213. The van der Waals surface area contributed by atoms with E-state index in [1.54, 1.807) is 0 Å². The molecule has 1 aromatic heterocycles. The number of nitrogens with zero attached hydrogens (tertiary/aromatic N) is 1. The Hall–Kier alpha value is -1.00. The van der Waals surface area contributed by atoms with E-state index in [1.165, 1.54) is 18.3 Å². The second kappa shape index (κ2) is 3.41. The van der Waals surface area contributed by atoms with Crippen molar-refractivity contribution in [3.63, 3.8) is 0 Å². The first-order valence-electron chi connectivity index (χ1n) is 3.24. The van der Waals surface area contributed by atoms with Crippen LogP contribution in [0.5, 0.6) is 0 Å². The van der Waals surface area contributed by atoms with Crippen LogP contribution in [0.4, 0.5) is 4.39 Å². The van der Waals surface area contributed by atoms with Crippen LogP contribution in [0.2, 0.25) is 0 Å². The van der Waals surface area contributed by atoms with Gasteiger partial charge in [-0.15, -0.1) is 0 Å². The van der Waals surface area contributed by atoms with E-state index >= 15 is 0 Å². The average Bonchev–Trinajstić information content (AvgIpc) is 2.04. The number of halogens is 1. The predicted molar refractivity (Wildman–Crippen MR) is 38.2 cm³/mol. The molecule has 0 unspecified atom stereocenters. The minimum absolute atomic E-state index is 0.00926. The Morgan fingerprint density at radius 3 is 3.00 bits per heavy atom. The van der Waals surface area contributed by atoms with Gasteiger partial charge in [0, 0.05) is 12.7 Å². The Balaban J connectivity index is 2.93. The smallest absolute Gasteiger partial charge is 0.147 e. The van der Waals surface area contributed by atoms with E-state index in [4.69, 9.17) is 10.8 Å². The molecule has 4 heteroatoms. The van der Waals surface area contributed by atoms with E-state index < -0.39 is 11.9 Å². The van der Waals surface area contributed by atoms with E-state index in [9.17, 15) is 4.39 Å². The summed E-state index contributed by atoms with van der Waals surface area (Å²) in [6, 6.07) is 2.70. The van der Waals surface area contributed by atoms with Crippen LogP contribution in [0.25, 0.3) is 0 Å². The molecule has 1 aromatic rings. The summed E-state index contributed by atoms with van der Waals surface area (Å²) in [6.45, 7) is -0.0199. The fourth-order valence-corrected chi connectivity index (χ4v) is 0.755. The fourth-order valence-electron chi connectivity index (χ4n) is 0.755. The third-order valence-corrected chi connectivity index (χ3v) is 1.33. The standard InChI is InChI=1S/C7H9FN2O/c8-5-2-1-3-10-7(5)6(11)4-9/h1-3,6,11H,4,9H2/t6-/m0/s1. The summed E-state index contributed by atoms with van der Waals surface area (Å²) in [4.78, 5) is 3.64. The van der Waals surface area contributed by atoms with E-state index in [0.29, 0.717) is 0 Å². The molecule has 0 aliphatic carbocycles. The van der Waals surface area contributed by atoms with E-state index in [0.717, 1.165) is 0 Å². The van der Waals surface area contributed by atoms with Crippen LogP contribution >= 0.6 is 0 Å². The summed E-state index contributed by atoms with van der Waals surface area (Å²) in [5.74, 6) is -0.523. The van der Waals surface area contributed by atoms with Crippen molar-refractivity contribution in [3.05, 3.63) is 29.8 Å². The quantitative estimate of drug-likeness (QED) is 0.643. The number of pyridine rings is 1. The largest absolute Gasteiger partial charge is 0.385 e. The Bertz CT molecular complexity index is 242. The molecule has 3 nitrogen and oxygen atoms in total. The Labute approximate surface area is 63.7 Å². The second-order valence-corrected chi connectivity index (χ2v) is 2.12. The van der Waals surface area contributed by atoms with Gasteiger partial charge in [0.05, 0.1) is 0 Å². The third-order valence-electron chi connectivity index (χ3n) is 1.33. The normalized spacial score (nSPS) is 13.0. The second-order valence-electron chi connectivity index (χ2n) is 2.12. The summed E-state index contributed by atoms with van der Waals surface area (Å²) >= 11 is 0. The van der Waals surface area contributed by atoms with Gasteiger partial charge in [-0.05, 0) is 12.1 Å². The van der Waals surface area contributed by atoms with Crippen molar-refractivity contribution in [1.82, 2.24) is 4.98 Å². The molecule has 0 saturated heterocycles. The fraction of sp³-hybridized carbons (Fsp3) is 0.286. The maximum Gasteiger partial charge on any atom is 0.147 e. The molecular formula is C7H9FN2O. The molecule has 1 heterocycles. The molecular weight excluding hydrogens is 147 g/mol. The van der Waals surface area contributed by atoms with E-state index in [2.05, 4.69) is 4.98 Å². The zero-order valence-electron chi connectivity index (χ0n) is 5.87. The van der Waals surface area contributed by atoms with Crippen molar-refractivity contribution in [2.75, 3.05) is 6.54 Å². The lowest BCUT2D eigenvalue weighted by Gasteiger charge is -2.06. The highest BCUT2D eigenvalue weighted by molar-refractivity contribution is 5.09. The topological polar surface area (TPSA) is 59.1 Å². The van der Waals surface area contributed by atoms with E-state index in [1.807, 2.05) is 0 Å². The zero-order chi connectivity index (χ0) is 8.27. The number of aliphatic hydroxyl groups is 1. The maximum absolute atomic E-state index is 12.7. The van der Waals surface area contributed by atoms with Crippen LogP contribution in [0.1, 0.15) is 11.8 Å². The number of aliphatic hydroxyl groups excluding tert-OH is 1. The number of hydrogen-bond acceptors (Lipinski definition) is 3. The highest BCUT2D eigenvalue weighted by Crippen LogP contribution is 2.11. The van der Waals surface area contributed by atoms with Crippen LogP contribution in [-0.2, 0) is 0 Å². The first-order chi connectivity index (χ1) is 5.25. The average molecular weight is 156 g/mol. The highest BCUT2D eigenvalue weighted by Gasteiger charge is 2.10. The Kier molecular flexibility index (Phi) is 2.51. The van der Waals surface area contributed by atoms with Crippen LogP contribution in [0.15, 0.2) is 18.3 Å². The number of hydrogen-bond donors (Lipinski definition) is 2. The lowest BCUT2D eigenvalue weighted by Crippen LogP contribution is -2.14. The zero-order valence-corrected chi connectivity index (χ0v) is 5.87. The summed E-state index contributed by atoms with van der Waals surface area (Å²) in [6.07, 6.45) is 0.410.